The summed E-state index contributed by atoms with van der Waals surface area (Å²) in [6.45, 7) is 3.11. The summed E-state index contributed by atoms with van der Waals surface area (Å²) < 4.78 is 18.6. The van der Waals surface area contributed by atoms with E-state index in [0.29, 0.717) is 22.1 Å². The molecule has 3 rings (SSSR count). The van der Waals surface area contributed by atoms with Crippen LogP contribution >= 0.6 is 11.3 Å². The molecule has 0 fully saturated rings. The monoisotopic (exact) mass is 384 g/mol. The van der Waals surface area contributed by atoms with Gasteiger partial charge < -0.3 is 4.74 Å². The number of amides is 1. The van der Waals surface area contributed by atoms with Gasteiger partial charge in [0.2, 0.25) is 0 Å². The molecule has 0 bridgehead atoms. The third-order valence-electron chi connectivity index (χ3n) is 3.82. The average molecular weight is 384 g/mol. The molecule has 138 valence electrons. The predicted octanol–water partition coefficient (Wildman–Crippen LogP) is 4.56. The number of nitrogens with zero attached hydrogens (tertiary/aromatic N) is 1. The third-order valence-corrected chi connectivity index (χ3v) is 4.57. The molecule has 0 aliphatic carbocycles. The SMILES string of the molecule is CC(=O)c1ccc(OC(C)C(=O)Nc2nc(-c3ccc(F)cc3)cs2)cc1. The van der Waals surface area contributed by atoms with E-state index in [9.17, 15) is 14.0 Å². The number of ketones is 1. The Kier molecular flexibility index (Phi) is 5.61. The zero-order valence-electron chi connectivity index (χ0n) is 14.7. The maximum Gasteiger partial charge on any atom is 0.266 e. The van der Waals surface area contributed by atoms with Gasteiger partial charge in [-0.2, -0.15) is 0 Å². The highest BCUT2D eigenvalue weighted by molar-refractivity contribution is 7.14. The molecule has 2 aromatic carbocycles. The molecule has 1 amide bonds. The average Bonchev–Trinajstić information content (AvgIpc) is 3.11. The number of hydrogen-bond donors (Lipinski definition) is 1. The first-order chi connectivity index (χ1) is 12.9. The molecule has 0 spiro atoms. The number of aromatic nitrogens is 1. The molecule has 0 aliphatic heterocycles. The molecule has 0 saturated carbocycles. The number of Topliss-reactive ketones (excluding diaryl/α,β-unsaturated/α-hetero) is 1. The van der Waals surface area contributed by atoms with Crippen LogP contribution in [0.3, 0.4) is 0 Å². The molecule has 5 nitrogen and oxygen atoms in total. The van der Waals surface area contributed by atoms with E-state index >= 15 is 0 Å². The summed E-state index contributed by atoms with van der Waals surface area (Å²) >= 11 is 1.28. The van der Waals surface area contributed by atoms with Gasteiger partial charge in [-0.05, 0) is 62.4 Å². The van der Waals surface area contributed by atoms with E-state index in [2.05, 4.69) is 10.3 Å². The van der Waals surface area contributed by atoms with Gasteiger partial charge >= 0.3 is 0 Å². The van der Waals surface area contributed by atoms with E-state index in [1.807, 2.05) is 0 Å². The number of nitrogens with one attached hydrogen (secondary N) is 1. The van der Waals surface area contributed by atoms with Crippen LogP contribution in [0, 0.1) is 5.82 Å². The predicted molar refractivity (Wildman–Crippen MR) is 103 cm³/mol. The fraction of sp³-hybridized carbons (Fsp3) is 0.150. The van der Waals surface area contributed by atoms with Crippen molar-refractivity contribution >= 4 is 28.2 Å². The van der Waals surface area contributed by atoms with Crippen molar-refractivity contribution in [3.8, 4) is 17.0 Å². The number of hydrogen-bond acceptors (Lipinski definition) is 5. The van der Waals surface area contributed by atoms with Crippen LogP contribution in [-0.4, -0.2) is 22.8 Å². The number of carbonyl (C=O) groups excluding carboxylic acids is 2. The van der Waals surface area contributed by atoms with E-state index in [1.165, 1.54) is 30.4 Å². The Hall–Kier alpha value is -3.06. The molecule has 1 atom stereocenters. The van der Waals surface area contributed by atoms with Gasteiger partial charge in [0.05, 0.1) is 5.69 Å². The number of carbonyl (C=O) groups is 2. The molecule has 0 radical (unpaired) electrons. The van der Waals surface area contributed by atoms with Crippen molar-refractivity contribution in [2.75, 3.05) is 5.32 Å². The Bertz CT molecular complexity index is 952. The first-order valence-electron chi connectivity index (χ1n) is 8.22. The van der Waals surface area contributed by atoms with Gasteiger partial charge in [-0.3, -0.25) is 14.9 Å². The lowest BCUT2D eigenvalue weighted by molar-refractivity contribution is -0.122. The zero-order chi connectivity index (χ0) is 19.4. The summed E-state index contributed by atoms with van der Waals surface area (Å²) in [5.74, 6) is -0.197. The molecule has 1 N–H and O–H groups in total. The largest absolute Gasteiger partial charge is 0.481 e. The Labute approximate surface area is 159 Å². The van der Waals surface area contributed by atoms with Crippen molar-refractivity contribution in [2.24, 2.45) is 0 Å². The van der Waals surface area contributed by atoms with Crippen molar-refractivity contribution < 1.29 is 18.7 Å². The highest BCUT2D eigenvalue weighted by Crippen LogP contribution is 2.25. The summed E-state index contributed by atoms with van der Waals surface area (Å²) in [6, 6.07) is 12.6. The molecule has 3 aromatic rings. The number of rotatable bonds is 6. The summed E-state index contributed by atoms with van der Waals surface area (Å²) in [6.07, 6.45) is -0.744. The van der Waals surface area contributed by atoms with Crippen molar-refractivity contribution in [3.05, 3.63) is 65.3 Å². The maximum absolute atomic E-state index is 13.0. The first-order valence-corrected chi connectivity index (χ1v) is 9.10. The minimum absolute atomic E-state index is 0.0342. The van der Waals surface area contributed by atoms with Crippen molar-refractivity contribution in [1.29, 1.82) is 0 Å². The molecule has 1 unspecified atom stereocenters. The minimum Gasteiger partial charge on any atom is -0.481 e. The highest BCUT2D eigenvalue weighted by atomic mass is 32.1. The van der Waals surface area contributed by atoms with Crippen LogP contribution < -0.4 is 10.1 Å². The second-order valence-corrected chi connectivity index (χ2v) is 6.73. The second kappa shape index (κ2) is 8.09. The summed E-state index contributed by atoms with van der Waals surface area (Å²) in [5.41, 5.74) is 2.00. The standard InChI is InChI=1S/C20H17FN2O3S/c1-12(24)14-5-9-17(10-6-14)26-13(2)19(25)23-20-22-18(11-27-20)15-3-7-16(21)8-4-15/h3-11,13H,1-2H3,(H,22,23,25). The van der Waals surface area contributed by atoms with Crippen molar-refractivity contribution in [3.63, 3.8) is 0 Å². The van der Waals surface area contributed by atoms with Gasteiger partial charge in [0.25, 0.3) is 5.91 Å². The minimum atomic E-state index is -0.744. The van der Waals surface area contributed by atoms with Crippen LogP contribution in [0.2, 0.25) is 0 Å². The number of benzene rings is 2. The molecule has 7 heteroatoms. The van der Waals surface area contributed by atoms with Crippen LogP contribution in [0.25, 0.3) is 11.3 Å². The fourth-order valence-corrected chi connectivity index (χ4v) is 3.04. The third kappa shape index (κ3) is 4.77. The second-order valence-electron chi connectivity index (χ2n) is 5.87. The number of thiazole rings is 1. The van der Waals surface area contributed by atoms with E-state index in [-0.39, 0.29) is 17.5 Å². The molecule has 1 aromatic heterocycles. The van der Waals surface area contributed by atoms with Gasteiger partial charge in [-0.15, -0.1) is 11.3 Å². The molecular weight excluding hydrogens is 367 g/mol. The fourth-order valence-electron chi connectivity index (χ4n) is 2.32. The molecular formula is C20H17FN2O3S. The number of halogens is 1. The smallest absolute Gasteiger partial charge is 0.266 e. The Morgan fingerprint density at radius 2 is 1.78 bits per heavy atom. The number of ether oxygens (including phenoxy) is 1. The van der Waals surface area contributed by atoms with Crippen LogP contribution in [0.4, 0.5) is 9.52 Å². The van der Waals surface area contributed by atoms with Crippen LogP contribution in [0.15, 0.2) is 53.9 Å². The van der Waals surface area contributed by atoms with Crippen LogP contribution in [-0.2, 0) is 4.79 Å². The van der Waals surface area contributed by atoms with Gasteiger partial charge in [-0.25, -0.2) is 9.37 Å². The Balaban J connectivity index is 1.61. The molecule has 1 heterocycles. The summed E-state index contributed by atoms with van der Waals surface area (Å²) in [7, 11) is 0. The molecule has 0 aliphatic rings. The maximum atomic E-state index is 13.0. The Morgan fingerprint density at radius 1 is 1.11 bits per heavy atom. The number of anilines is 1. The van der Waals surface area contributed by atoms with E-state index in [4.69, 9.17) is 4.74 Å². The van der Waals surface area contributed by atoms with E-state index < -0.39 is 6.10 Å². The molecule has 27 heavy (non-hydrogen) atoms. The normalized spacial score (nSPS) is 11.7. The van der Waals surface area contributed by atoms with Crippen LogP contribution in [0.1, 0.15) is 24.2 Å². The van der Waals surface area contributed by atoms with Gasteiger partial charge in [-0.1, -0.05) is 0 Å². The highest BCUT2D eigenvalue weighted by Gasteiger charge is 2.17. The van der Waals surface area contributed by atoms with Crippen LogP contribution in [0.5, 0.6) is 5.75 Å². The van der Waals surface area contributed by atoms with Crippen molar-refractivity contribution in [1.82, 2.24) is 4.98 Å². The topological polar surface area (TPSA) is 68.3 Å². The summed E-state index contributed by atoms with van der Waals surface area (Å²) in [5, 5.41) is 4.93. The lowest BCUT2D eigenvalue weighted by Gasteiger charge is -2.13. The van der Waals surface area contributed by atoms with E-state index in [1.54, 1.807) is 48.7 Å². The first kappa shape index (κ1) is 18.7. The Morgan fingerprint density at radius 3 is 2.41 bits per heavy atom. The van der Waals surface area contributed by atoms with E-state index in [0.717, 1.165) is 5.56 Å². The molecule has 0 saturated heterocycles. The zero-order valence-corrected chi connectivity index (χ0v) is 15.5. The van der Waals surface area contributed by atoms with Gasteiger partial charge in [0.15, 0.2) is 17.0 Å². The quantitative estimate of drug-likeness (QED) is 0.633. The lowest BCUT2D eigenvalue weighted by atomic mass is 10.1. The summed E-state index contributed by atoms with van der Waals surface area (Å²) in [4.78, 5) is 27.9. The lowest BCUT2D eigenvalue weighted by Crippen LogP contribution is -2.30. The van der Waals surface area contributed by atoms with Gasteiger partial charge in [0, 0.05) is 16.5 Å². The van der Waals surface area contributed by atoms with Crippen molar-refractivity contribution in [2.45, 2.75) is 20.0 Å². The van der Waals surface area contributed by atoms with Gasteiger partial charge in [0.1, 0.15) is 11.6 Å².